The lowest BCUT2D eigenvalue weighted by atomic mass is 9.73. The first-order valence-corrected chi connectivity index (χ1v) is 12.4. The van der Waals surface area contributed by atoms with Crippen LogP contribution >= 0.6 is 0 Å². The minimum atomic E-state index is -1.13. The first-order valence-electron chi connectivity index (χ1n) is 12.4. The summed E-state index contributed by atoms with van der Waals surface area (Å²) >= 11 is 0. The average Bonchev–Trinajstić information content (AvgIpc) is 2.79. The van der Waals surface area contributed by atoms with E-state index in [4.69, 9.17) is 4.74 Å². The van der Waals surface area contributed by atoms with E-state index >= 15 is 0 Å². The highest BCUT2D eigenvalue weighted by atomic mass is 19.1. The molecule has 190 valence electrons. The highest BCUT2D eigenvalue weighted by Crippen LogP contribution is 2.48. The Balaban J connectivity index is 1.51. The van der Waals surface area contributed by atoms with Gasteiger partial charge in [0.05, 0.1) is 12.1 Å². The van der Waals surface area contributed by atoms with Gasteiger partial charge in [0.1, 0.15) is 17.6 Å². The maximum Gasteiger partial charge on any atom is 0.218 e. The van der Waals surface area contributed by atoms with Crippen LogP contribution < -0.4 is 15.4 Å². The van der Waals surface area contributed by atoms with Gasteiger partial charge in [-0.3, -0.25) is 4.79 Å². The number of nitrogens with zero attached hydrogens (tertiary/aromatic N) is 1. The lowest BCUT2D eigenvalue weighted by Crippen LogP contribution is -2.52. The lowest BCUT2D eigenvalue weighted by Gasteiger charge is -2.47. The molecule has 1 aliphatic carbocycles. The summed E-state index contributed by atoms with van der Waals surface area (Å²) in [4.78, 5) is 16.3. The SMILES string of the molecule is CC(=O)N[C@@H](Cc1cccc(F)c1)[C@@H](O)CN[C@H]1CC2(CCC2)Oc2ncc([C@@H](F)C(C)C)cc21. The number of hydrogen-bond donors (Lipinski definition) is 3. The van der Waals surface area contributed by atoms with Crippen molar-refractivity contribution in [1.29, 1.82) is 0 Å². The Morgan fingerprint density at radius 1 is 1.31 bits per heavy atom. The quantitative estimate of drug-likeness (QED) is 0.490. The number of aliphatic hydroxyl groups excluding tert-OH is 1. The van der Waals surface area contributed by atoms with Crippen molar-refractivity contribution in [2.45, 2.75) is 82.8 Å². The fraction of sp³-hybridized carbons (Fsp3) is 0.556. The van der Waals surface area contributed by atoms with E-state index in [0.29, 0.717) is 23.4 Å². The number of halogens is 2. The van der Waals surface area contributed by atoms with E-state index < -0.39 is 18.3 Å². The number of amides is 1. The monoisotopic (exact) mass is 487 g/mol. The van der Waals surface area contributed by atoms with Gasteiger partial charge in [-0.05, 0) is 55.4 Å². The third-order valence-corrected chi connectivity index (χ3v) is 7.10. The van der Waals surface area contributed by atoms with E-state index in [9.17, 15) is 18.7 Å². The summed E-state index contributed by atoms with van der Waals surface area (Å²) in [5, 5.41) is 17.2. The van der Waals surface area contributed by atoms with Gasteiger partial charge in [-0.1, -0.05) is 26.0 Å². The van der Waals surface area contributed by atoms with Crippen LogP contribution in [0, 0.1) is 11.7 Å². The Hall–Kier alpha value is -2.58. The highest BCUT2D eigenvalue weighted by Gasteiger charge is 2.46. The Kier molecular flexibility index (Phi) is 7.71. The van der Waals surface area contributed by atoms with Crippen molar-refractivity contribution < 1.29 is 23.4 Å². The van der Waals surface area contributed by atoms with Gasteiger partial charge in [-0.2, -0.15) is 0 Å². The first-order chi connectivity index (χ1) is 16.7. The minimum Gasteiger partial charge on any atom is -0.471 e. The molecule has 1 saturated carbocycles. The largest absolute Gasteiger partial charge is 0.471 e. The van der Waals surface area contributed by atoms with Crippen LogP contribution in [-0.4, -0.2) is 40.3 Å². The van der Waals surface area contributed by atoms with E-state index in [2.05, 4.69) is 15.6 Å². The predicted molar refractivity (Wildman–Crippen MR) is 129 cm³/mol. The third-order valence-electron chi connectivity index (χ3n) is 7.10. The number of nitrogens with one attached hydrogen (secondary N) is 2. The molecule has 1 aromatic heterocycles. The number of ether oxygens (including phenoxy) is 1. The summed E-state index contributed by atoms with van der Waals surface area (Å²) in [5.74, 6) is -0.295. The van der Waals surface area contributed by atoms with E-state index in [1.165, 1.54) is 19.1 Å². The minimum absolute atomic E-state index is 0.173. The summed E-state index contributed by atoms with van der Waals surface area (Å²) in [6.07, 6.45) is 3.44. The molecule has 0 saturated heterocycles. The summed E-state index contributed by atoms with van der Waals surface area (Å²) < 4.78 is 34.7. The zero-order valence-electron chi connectivity index (χ0n) is 20.6. The molecule has 4 rings (SSSR count). The van der Waals surface area contributed by atoms with Crippen molar-refractivity contribution in [1.82, 2.24) is 15.6 Å². The molecule has 2 aromatic rings. The van der Waals surface area contributed by atoms with E-state index in [1.807, 2.05) is 19.9 Å². The number of alkyl halides is 1. The van der Waals surface area contributed by atoms with E-state index in [-0.39, 0.29) is 42.3 Å². The molecule has 8 heteroatoms. The molecule has 1 aliphatic heterocycles. The van der Waals surface area contributed by atoms with Gasteiger partial charge >= 0.3 is 0 Å². The van der Waals surface area contributed by atoms with Crippen molar-refractivity contribution in [3.8, 4) is 5.88 Å². The number of benzene rings is 1. The van der Waals surface area contributed by atoms with Crippen LogP contribution in [0.4, 0.5) is 8.78 Å². The van der Waals surface area contributed by atoms with Crippen LogP contribution in [0.15, 0.2) is 36.5 Å². The maximum absolute atomic E-state index is 14.8. The third kappa shape index (κ3) is 5.98. The highest BCUT2D eigenvalue weighted by molar-refractivity contribution is 5.73. The number of pyridine rings is 1. The number of aromatic nitrogens is 1. The van der Waals surface area contributed by atoms with Crippen LogP contribution in [-0.2, 0) is 11.2 Å². The number of aliphatic hydroxyl groups is 1. The number of rotatable bonds is 9. The van der Waals surface area contributed by atoms with Gasteiger partial charge in [-0.15, -0.1) is 0 Å². The smallest absolute Gasteiger partial charge is 0.218 e. The molecule has 1 aromatic carbocycles. The van der Waals surface area contributed by atoms with Gasteiger partial charge in [0, 0.05) is 43.3 Å². The van der Waals surface area contributed by atoms with Crippen LogP contribution in [0.5, 0.6) is 5.88 Å². The van der Waals surface area contributed by atoms with E-state index in [1.54, 1.807) is 18.3 Å². The summed E-state index contributed by atoms with van der Waals surface area (Å²) in [5.41, 5.74) is 1.71. The molecular formula is C27H35F2N3O3. The molecule has 6 nitrogen and oxygen atoms in total. The van der Waals surface area contributed by atoms with Gasteiger partial charge in [0.25, 0.3) is 0 Å². The number of hydrogen-bond acceptors (Lipinski definition) is 5. The molecule has 1 fully saturated rings. The van der Waals surface area contributed by atoms with Gasteiger partial charge in [0.2, 0.25) is 11.8 Å². The fourth-order valence-electron chi connectivity index (χ4n) is 5.01. The second-order valence-corrected chi connectivity index (χ2v) is 10.3. The predicted octanol–water partition coefficient (Wildman–Crippen LogP) is 4.33. The topological polar surface area (TPSA) is 83.5 Å². The Morgan fingerprint density at radius 3 is 2.71 bits per heavy atom. The fourth-order valence-corrected chi connectivity index (χ4v) is 5.01. The standard InChI is InChI=1S/C27H35F2N3O3/c1-16(2)25(29)19-12-21-23(13-27(8-5-9-27)35-26(21)31-14-19)30-15-24(34)22(32-17(3)33)11-18-6-4-7-20(28)10-18/h4,6-7,10,12,14,16,22-25,30,34H,5,8-9,11,13,15H2,1-3H3,(H,32,33)/t22-,23-,24-,25-/m0/s1. The number of fused-ring (bicyclic) bond motifs is 1. The molecule has 2 aliphatic rings. The normalized spacial score (nSPS) is 20.9. The van der Waals surface area contributed by atoms with Crippen molar-refractivity contribution in [2.75, 3.05) is 6.54 Å². The Morgan fingerprint density at radius 2 is 2.09 bits per heavy atom. The molecule has 3 N–H and O–H groups in total. The van der Waals surface area contributed by atoms with Crippen LogP contribution in [0.3, 0.4) is 0 Å². The van der Waals surface area contributed by atoms with Gasteiger partial charge in [-0.25, -0.2) is 13.8 Å². The van der Waals surface area contributed by atoms with E-state index in [0.717, 1.165) is 24.8 Å². The average molecular weight is 488 g/mol. The molecular weight excluding hydrogens is 452 g/mol. The van der Waals surface area contributed by atoms with Crippen molar-refractivity contribution in [2.24, 2.45) is 5.92 Å². The first kappa shape index (κ1) is 25.5. The Bertz CT molecular complexity index is 1040. The number of carbonyl (C=O) groups is 1. The molecule has 0 unspecified atom stereocenters. The molecule has 35 heavy (non-hydrogen) atoms. The summed E-state index contributed by atoms with van der Waals surface area (Å²) in [6.45, 7) is 5.24. The summed E-state index contributed by atoms with van der Waals surface area (Å²) in [6, 6.07) is 7.18. The molecule has 1 amide bonds. The van der Waals surface area contributed by atoms with Crippen molar-refractivity contribution >= 4 is 5.91 Å². The molecule has 0 bridgehead atoms. The van der Waals surface area contributed by atoms with Crippen molar-refractivity contribution in [3.63, 3.8) is 0 Å². The second-order valence-electron chi connectivity index (χ2n) is 10.3. The molecule has 4 atom stereocenters. The zero-order valence-corrected chi connectivity index (χ0v) is 20.6. The molecule has 2 heterocycles. The van der Waals surface area contributed by atoms with Crippen LogP contribution in [0.2, 0.25) is 0 Å². The number of carbonyl (C=O) groups excluding carboxylic acids is 1. The van der Waals surface area contributed by atoms with Gasteiger partial charge in [0.15, 0.2) is 0 Å². The second kappa shape index (κ2) is 10.6. The van der Waals surface area contributed by atoms with Crippen molar-refractivity contribution in [3.05, 3.63) is 59.0 Å². The lowest BCUT2D eigenvalue weighted by molar-refractivity contribution is -0.120. The molecule has 1 spiro atoms. The molecule has 0 radical (unpaired) electrons. The van der Waals surface area contributed by atoms with Crippen LogP contribution in [0.1, 0.15) is 75.4 Å². The maximum atomic E-state index is 14.8. The summed E-state index contributed by atoms with van der Waals surface area (Å²) in [7, 11) is 0. The Labute approximate surface area is 205 Å². The van der Waals surface area contributed by atoms with Gasteiger partial charge < -0.3 is 20.5 Å². The zero-order chi connectivity index (χ0) is 25.2. The van der Waals surface area contributed by atoms with Crippen LogP contribution in [0.25, 0.3) is 0 Å².